The molecular weight excluding hydrogens is 512 g/mol. The molecule has 0 bridgehead atoms. The Hall–Kier alpha value is -5.74. The highest BCUT2D eigenvalue weighted by molar-refractivity contribution is 6.16. The van der Waals surface area contributed by atoms with Crippen molar-refractivity contribution < 1.29 is 0 Å². The van der Waals surface area contributed by atoms with Crippen LogP contribution >= 0.6 is 0 Å². The van der Waals surface area contributed by atoms with Gasteiger partial charge in [0, 0.05) is 27.1 Å². The summed E-state index contributed by atoms with van der Waals surface area (Å²) in [6.07, 6.45) is 0. The van der Waals surface area contributed by atoms with Crippen molar-refractivity contribution in [3.05, 3.63) is 133 Å². The van der Waals surface area contributed by atoms with Crippen LogP contribution in [0.3, 0.4) is 0 Å². The first-order valence-electron chi connectivity index (χ1n) is 14.3. The van der Waals surface area contributed by atoms with E-state index in [0.29, 0.717) is 0 Å². The van der Waals surface area contributed by atoms with Crippen molar-refractivity contribution in [2.24, 2.45) is 0 Å². The van der Waals surface area contributed by atoms with Crippen LogP contribution in [0.15, 0.2) is 133 Å². The minimum Gasteiger partial charge on any atom is -0.292 e. The molecule has 4 nitrogen and oxygen atoms in total. The summed E-state index contributed by atoms with van der Waals surface area (Å²) in [6.45, 7) is 0. The summed E-state index contributed by atoms with van der Waals surface area (Å²) in [5, 5.41) is 6.07. The van der Waals surface area contributed by atoms with Gasteiger partial charge in [0.05, 0.1) is 33.3 Å². The average molecular weight is 535 g/mol. The Morgan fingerprint density at radius 3 is 2.02 bits per heavy atom. The molecule has 4 heteroatoms. The number of imidazole rings is 2. The number of nitrogens with zero attached hydrogens (tertiary/aromatic N) is 4. The Morgan fingerprint density at radius 1 is 0.405 bits per heavy atom. The molecule has 0 atom stereocenters. The van der Waals surface area contributed by atoms with E-state index >= 15 is 0 Å². The summed E-state index contributed by atoms with van der Waals surface area (Å²) in [6, 6.07) is 47.7. The predicted molar refractivity (Wildman–Crippen MR) is 174 cm³/mol. The molecule has 0 unspecified atom stereocenters. The zero-order valence-corrected chi connectivity index (χ0v) is 22.5. The van der Waals surface area contributed by atoms with Gasteiger partial charge in [-0.3, -0.25) is 8.80 Å². The van der Waals surface area contributed by atoms with Gasteiger partial charge in [0.1, 0.15) is 11.3 Å². The molecule has 0 amide bonds. The molecule has 0 radical (unpaired) electrons. The number of hydrogen-bond donors (Lipinski definition) is 0. The smallest absolute Gasteiger partial charge is 0.146 e. The summed E-state index contributed by atoms with van der Waals surface area (Å²) < 4.78 is 4.62. The topological polar surface area (TPSA) is 34.6 Å². The van der Waals surface area contributed by atoms with Crippen molar-refractivity contribution in [3.8, 4) is 22.4 Å². The fourth-order valence-corrected chi connectivity index (χ4v) is 6.98. The van der Waals surface area contributed by atoms with Crippen molar-refractivity contribution in [1.29, 1.82) is 0 Å². The molecule has 0 N–H and O–H groups in total. The predicted octanol–water partition coefficient (Wildman–Crippen LogP) is 9.52. The number of pyridine rings is 2. The molecule has 0 fully saturated rings. The Labute approximate surface area is 240 Å². The average Bonchev–Trinajstić information content (AvgIpc) is 3.74. The minimum absolute atomic E-state index is 0.979. The van der Waals surface area contributed by atoms with Gasteiger partial charge in [-0.2, -0.15) is 0 Å². The van der Waals surface area contributed by atoms with Crippen molar-refractivity contribution >= 4 is 65.8 Å². The van der Waals surface area contributed by atoms with Crippen LogP contribution in [0.2, 0.25) is 0 Å². The normalized spacial score (nSPS) is 12.3. The van der Waals surface area contributed by atoms with Crippen LogP contribution in [0.1, 0.15) is 0 Å². The molecule has 0 saturated heterocycles. The molecule has 5 aromatic heterocycles. The lowest BCUT2D eigenvalue weighted by molar-refractivity contribution is 1.31. The lowest BCUT2D eigenvalue weighted by Gasteiger charge is -2.11. The largest absolute Gasteiger partial charge is 0.292 e. The van der Waals surface area contributed by atoms with Crippen LogP contribution in [0, 0.1) is 0 Å². The van der Waals surface area contributed by atoms with Crippen LogP contribution < -0.4 is 0 Å². The fourth-order valence-electron chi connectivity index (χ4n) is 6.98. The van der Waals surface area contributed by atoms with Crippen molar-refractivity contribution in [2.75, 3.05) is 0 Å². The van der Waals surface area contributed by atoms with Crippen LogP contribution in [-0.4, -0.2) is 18.8 Å². The number of para-hydroxylation sites is 2. The quantitative estimate of drug-likeness (QED) is 0.207. The third kappa shape index (κ3) is 2.80. The third-order valence-electron chi connectivity index (χ3n) is 8.83. The van der Waals surface area contributed by atoms with E-state index in [1.54, 1.807) is 0 Å². The van der Waals surface area contributed by atoms with E-state index in [0.717, 1.165) is 39.0 Å². The molecule has 10 aromatic rings. The summed E-state index contributed by atoms with van der Waals surface area (Å²) in [5.41, 5.74) is 12.2. The first-order valence-corrected chi connectivity index (χ1v) is 14.3. The van der Waals surface area contributed by atoms with E-state index in [1.807, 2.05) is 0 Å². The number of benzene rings is 5. The van der Waals surface area contributed by atoms with Gasteiger partial charge in [-0.15, -0.1) is 0 Å². The maximum absolute atomic E-state index is 5.07. The van der Waals surface area contributed by atoms with Gasteiger partial charge in [0.15, 0.2) is 0 Å². The van der Waals surface area contributed by atoms with Gasteiger partial charge in [-0.05, 0) is 59.0 Å². The zero-order chi connectivity index (χ0) is 27.4. The van der Waals surface area contributed by atoms with Crippen LogP contribution in [0.25, 0.3) is 88.2 Å². The van der Waals surface area contributed by atoms with Gasteiger partial charge in [0.25, 0.3) is 0 Å². The summed E-state index contributed by atoms with van der Waals surface area (Å²) in [5.74, 6) is 0. The maximum Gasteiger partial charge on any atom is 0.146 e. The molecule has 0 aliphatic heterocycles. The molecule has 194 valence electrons. The number of aromatic nitrogens is 4. The zero-order valence-electron chi connectivity index (χ0n) is 22.5. The van der Waals surface area contributed by atoms with E-state index in [-0.39, 0.29) is 0 Å². The molecule has 5 aromatic carbocycles. The summed E-state index contributed by atoms with van der Waals surface area (Å²) in [4.78, 5) is 10.1. The maximum atomic E-state index is 5.07. The van der Waals surface area contributed by atoms with Crippen molar-refractivity contribution in [1.82, 2.24) is 18.8 Å². The van der Waals surface area contributed by atoms with Gasteiger partial charge in [0.2, 0.25) is 0 Å². The van der Waals surface area contributed by atoms with Gasteiger partial charge in [-0.25, -0.2) is 9.97 Å². The number of rotatable bonds is 2. The second-order valence-electron chi connectivity index (χ2n) is 11.1. The van der Waals surface area contributed by atoms with E-state index in [4.69, 9.17) is 9.97 Å². The van der Waals surface area contributed by atoms with Crippen LogP contribution in [-0.2, 0) is 0 Å². The Kier molecular flexibility index (Phi) is 4.15. The Bertz CT molecular complexity index is 2680. The highest BCUT2D eigenvalue weighted by atomic mass is 15.0. The van der Waals surface area contributed by atoms with Gasteiger partial charge >= 0.3 is 0 Å². The summed E-state index contributed by atoms with van der Waals surface area (Å²) >= 11 is 0. The highest BCUT2D eigenvalue weighted by Gasteiger charge is 2.20. The van der Waals surface area contributed by atoms with Gasteiger partial charge < -0.3 is 0 Å². The monoisotopic (exact) mass is 534 g/mol. The van der Waals surface area contributed by atoms with E-state index in [2.05, 4.69) is 142 Å². The second kappa shape index (κ2) is 7.93. The van der Waals surface area contributed by atoms with Crippen molar-refractivity contribution in [2.45, 2.75) is 0 Å². The molecule has 10 rings (SSSR count). The second-order valence-corrected chi connectivity index (χ2v) is 11.1. The van der Waals surface area contributed by atoms with E-state index in [1.165, 1.54) is 49.2 Å². The number of fused-ring (bicyclic) bond motifs is 11. The lowest BCUT2D eigenvalue weighted by Crippen LogP contribution is -1.92. The van der Waals surface area contributed by atoms with Crippen LogP contribution in [0.5, 0.6) is 0 Å². The van der Waals surface area contributed by atoms with Crippen molar-refractivity contribution in [3.63, 3.8) is 0 Å². The van der Waals surface area contributed by atoms with Crippen LogP contribution in [0.4, 0.5) is 0 Å². The minimum atomic E-state index is 0.979. The SMILES string of the molecule is c1ccc(-c2nc3cccc4c5ccc(-c6ccc7c(c6)c6ccccc6c6nc8ccccc8n76)cc5c2n34)cc1. The van der Waals surface area contributed by atoms with Gasteiger partial charge in [-0.1, -0.05) is 91.0 Å². The molecule has 0 aliphatic rings. The standard InChI is InChI=1S/C38H22N4/c1-2-9-23(10-3-1)36-37-30-22-24(17-19-27(30)32-15-8-16-35(40-36)42(32)37)25-18-20-33-29(21-25)26-11-4-5-12-28(26)38-39-31-13-6-7-14-34(31)41(33)38/h1-22H. The van der Waals surface area contributed by atoms with E-state index < -0.39 is 0 Å². The third-order valence-corrected chi connectivity index (χ3v) is 8.83. The van der Waals surface area contributed by atoms with E-state index in [9.17, 15) is 0 Å². The molecule has 0 aliphatic carbocycles. The first kappa shape index (κ1) is 22.0. The molecular formula is C38H22N4. The fraction of sp³-hybridized carbons (Fsp3) is 0. The highest BCUT2D eigenvalue weighted by Crippen LogP contribution is 2.40. The Morgan fingerprint density at radius 2 is 1.12 bits per heavy atom. The molecule has 0 saturated carbocycles. The Balaban J connectivity index is 1.28. The summed E-state index contributed by atoms with van der Waals surface area (Å²) in [7, 11) is 0. The molecule has 0 spiro atoms. The number of hydrogen-bond acceptors (Lipinski definition) is 2. The molecule has 5 heterocycles. The lowest BCUT2D eigenvalue weighted by atomic mass is 9.98. The molecule has 42 heavy (non-hydrogen) atoms. The first-order chi connectivity index (χ1) is 20.8.